The lowest BCUT2D eigenvalue weighted by Crippen LogP contribution is -2.51. The van der Waals surface area contributed by atoms with E-state index in [9.17, 15) is 4.79 Å². The van der Waals surface area contributed by atoms with Gasteiger partial charge in [-0.05, 0) is 74.8 Å². The van der Waals surface area contributed by atoms with E-state index < -0.39 is 6.09 Å². The van der Waals surface area contributed by atoms with Gasteiger partial charge in [-0.3, -0.25) is 5.32 Å². The molecule has 0 aromatic carbocycles. The van der Waals surface area contributed by atoms with Gasteiger partial charge in [0, 0.05) is 6.04 Å². The lowest BCUT2D eigenvalue weighted by molar-refractivity contribution is 0.00742. The Morgan fingerprint density at radius 1 is 1.21 bits per heavy atom. The quantitative estimate of drug-likeness (QED) is 0.786. The molecule has 1 aromatic heterocycles. The molecule has 4 saturated carbocycles. The Morgan fingerprint density at radius 3 is 2.46 bits per heavy atom. The first-order valence-corrected chi connectivity index (χ1v) is 9.09. The molecule has 6 nitrogen and oxygen atoms in total. The summed E-state index contributed by atoms with van der Waals surface area (Å²) in [5, 5.41) is 6.25. The third kappa shape index (κ3) is 2.89. The topological polar surface area (TPSA) is 89.3 Å². The molecule has 6 heteroatoms. The van der Waals surface area contributed by atoms with Crippen LogP contribution >= 0.6 is 0 Å². The van der Waals surface area contributed by atoms with E-state index in [0.29, 0.717) is 24.2 Å². The van der Waals surface area contributed by atoms with E-state index in [-0.39, 0.29) is 0 Å². The third-order valence-corrected chi connectivity index (χ3v) is 5.98. The summed E-state index contributed by atoms with van der Waals surface area (Å²) in [6, 6.07) is 4.20. The van der Waals surface area contributed by atoms with Crippen LogP contribution in [0.25, 0.3) is 0 Å². The van der Waals surface area contributed by atoms with Gasteiger partial charge in [0.1, 0.15) is 11.6 Å². The highest BCUT2D eigenvalue weighted by Crippen LogP contribution is 2.54. The summed E-state index contributed by atoms with van der Waals surface area (Å²) in [5.74, 6) is 4.60. The molecular formula is C18H26N4O2. The van der Waals surface area contributed by atoms with Crippen LogP contribution in [0.5, 0.6) is 0 Å². The maximum absolute atomic E-state index is 11.5. The number of rotatable bonds is 4. The van der Waals surface area contributed by atoms with Crippen molar-refractivity contribution in [2.24, 2.45) is 23.7 Å². The zero-order chi connectivity index (χ0) is 16.7. The van der Waals surface area contributed by atoms with Crippen LogP contribution in [0.15, 0.2) is 12.1 Å². The number of nitrogens with one attached hydrogen (secondary N) is 2. The molecule has 1 amide bonds. The first kappa shape index (κ1) is 15.5. The number of nitrogens with zero attached hydrogens (tertiary/aromatic N) is 1. The minimum atomic E-state index is -0.507. The number of anilines is 3. The van der Waals surface area contributed by atoms with Crippen LogP contribution in [0.3, 0.4) is 0 Å². The van der Waals surface area contributed by atoms with Crippen LogP contribution in [0.4, 0.5) is 22.1 Å². The van der Waals surface area contributed by atoms with Crippen LogP contribution in [-0.2, 0) is 4.74 Å². The Labute approximate surface area is 142 Å². The van der Waals surface area contributed by atoms with Crippen molar-refractivity contribution in [3.05, 3.63) is 12.1 Å². The summed E-state index contributed by atoms with van der Waals surface area (Å²) < 4.78 is 4.87. The van der Waals surface area contributed by atoms with E-state index in [1.807, 2.05) is 6.07 Å². The third-order valence-electron chi connectivity index (χ3n) is 5.98. The number of hydrogen-bond acceptors (Lipinski definition) is 5. The van der Waals surface area contributed by atoms with Crippen molar-refractivity contribution < 1.29 is 9.53 Å². The molecule has 24 heavy (non-hydrogen) atoms. The molecule has 4 aliphatic rings. The van der Waals surface area contributed by atoms with Crippen LogP contribution < -0.4 is 16.4 Å². The van der Waals surface area contributed by atoms with E-state index in [4.69, 9.17) is 10.5 Å². The number of carbonyl (C=O) groups excluding carboxylic acids is 1. The molecule has 0 radical (unpaired) electrons. The Kier molecular flexibility index (Phi) is 3.98. The molecule has 4 fully saturated rings. The molecule has 0 aliphatic heterocycles. The number of aromatic nitrogens is 1. The van der Waals surface area contributed by atoms with Gasteiger partial charge in [-0.15, -0.1) is 0 Å². The summed E-state index contributed by atoms with van der Waals surface area (Å²) in [5.41, 5.74) is 6.48. The first-order valence-electron chi connectivity index (χ1n) is 9.09. The highest BCUT2D eigenvalue weighted by molar-refractivity contribution is 5.88. The van der Waals surface area contributed by atoms with E-state index in [1.54, 1.807) is 13.0 Å². The van der Waals surface area contributed by atoms with Crippen LogP contribution in [-0.4, -0.2) is 23.7 Å². The van der Waals surface area contributed by atoms with Crippen LogP contribution in [0, 0.1) is 23.7 Å². The van der Waals surface area contributed by atoms with Crippen molar-refractivity contribution in [3.63, 3.8) is 0 Å². The fraction of sp³-hybridized carbons (Fsp3) is 0.667. The number of amides is 1. The lowest BCUT2D eigenvalue weighted by atomic mass is 9.54. The molecule has 4 N–H and O–H groups in total. The minimum absolute atomic E-state index is 0.317. The average Bonchev–Trinajstić information content (AvgIpc) is 2.53. The fourth-order valence-corrected chi connectivity index (χ4v) is 5.27. The zero-order valence-electron chi connectivity index (χ0n) is 14.1. The highest BCUT2D eigenvalue weighted by Gasteiger charge is 2.48. The molecule has 0 saturated heterocycles. The van der Waals surface area contributed by atoms with Gasteiger partial charge in [-0.1, -0.05) is 0 Å². The number of nitrogen functional groups attached to an aromatic ring is 1. The highest BCUT2D eigenvalue weighted by atomic mass is 16.5. The van der Waals surface area contributed by atoms with Gasteiger partial charge < -0.3 is 15.8 Å². The van der Waals surface area contributed by atoms with Crippen LogP contribution in [0.2, 0.25) is 0 Å². The number of ether oxygens (including phenoxy) is 1. The molecule has 1 aromatic rings. The molecule has 130 valence electrons. The van der Waals surface area contributed by atoms with E-state index in [1.165, 1.54) is 32.1 Å². The smallest absolute Gasteiger partial charge is 0.411 e. The molecule has 4 bridgehead atoms. The maximum Gasteiger partial charge on any atom is 0.411 e. The van der Waals surface area contributed by atoms with Crippen molar-refractivity contribution in [2.75, 3.05) is 23.0 Å². The standard InChI is InChI=1S/C18H26N4O2/c1-2-24-18(23)20-14-3-4-15(22-17(14)19)21-16-12-6-10-5-11(8-12)9-13(16)7-10/h3-4,10-13,16H,2,5-9H2,1H3,(H,20,23)(H3,19,21,22). The monoisotopic (exact) mass is 330 g/mol. The molecule has 4 aliphatic carbocycles. The molecule has 1 heterocycles. The summed E-state index contributed by atoms with van der Waals surface area (Å²) in [4.78, 5) is 15.9. The van der Waals surface area contributed by atoms with E-state index >= 15 is 0 Å². The lowest BCUT2D eigenvalue weighted by Gasteiger charge is -2.54. The van der Waals surface area contributed by atoms with Gasteiger partial charge in [0.15, 0.2) is 0 Å². The average molecular weight is 330 g/mol. The summed E-state index contributed by atoms with van der Waals surface area (Å²) >= 11 is 0. The normalized spacial score (nSPS) is 33.3. The van der Waals surface area contributed by atoms with Crippen molar-refractivity contribution in [1.29, 1.82) is 0 Å². The Bertz CT molecular complexity index is 605. The number of nitrogens with two attached hydrogens (primary N) is 1. The number of hydrogen-bond donors (Lipinski definition) is 3. The van der Waals surface area contributed by atoms with Crippen molar-refractivity contribution in [3.8, 4) is 0 Å². The van der Waals surface area contributed by atoms with Crippen molar-refractivity contribution >= 4 is 23.4 Å². The van der Waals surface area contributed by atoms with Gasteiger partial charge >= 0.3 is 6.09 Å². The summed E-state index contributed by atoms with van der Waals surface area (Å²) in [7, 11) is 0. The second-order valence-corrected chi connectivity index (χ2v) is 7.58. The number of carbonyl (C=O) groups is 1. The molecule has 0 unspecified atom stereocenters. The maximum atomic E-state index is 11.5. The summed E-state index contributed by atoms with van der Waals surface area (Å²) in [6.07, 6.45) is 6.41. The van der Waals surface area contributed by atoms with Gasteiger partial charge in [-0.25, -0.2) is 9.78 Å². The Balaban J connectivity index is 1.44. The second kappa shape index (κ2) is 6.15. The number of pyridine rings is 1. The SMILES string of the molecule is CCOC(=O)Nc1ccc(NC2C3CC4CC(C3)CC2C4)nc1N. The van der Waals surface area contributed by atoms with E-state index in [2.05, 4.69) is 15.6 Å². The fourth-order valence-electron chi connectivity index (χ4n) is 5.27. The predicted octanol–water partition coefficient (Wildman–Crippen LogP) is 3.47. The first-order chi connectivity index (χ1) is 11.6. The van der Waals surface area contributed by atoms with Crippen LogP contribution in [0.1, 0.15) is 39.0 Å². The van der Waals surface area contributed by atoms with Crippen molar-refractivity contribution in [1.82, 2.24) is 4.98 Å². The second-order valence-electron chi connectivity index (χ2n) is 7.58. The molecule has 0 spiro atoms. The largest absolute Gasteiger partial charge is 0.450 e. The predicted molar refractivity (Wildman–Crippen MR) is 93.7 cm³/mol. The van der Waals surface area contributed by atoms with Gasteiger partial charge in [0.2, 0.25) is 0 Å². The minimum Gasteiger partial charge on any atom is -0.450 e. The van der Waals surface area contributed by atoms with Gasteiger partial charge in [0.25, 0.3) is 0 Å². The van der Waals surface area contributed by atoms with Gasteiger partial charge in [-0.2, -0.15) is 0 Å². The molecule has 5 rings (SSSR count). The molecule has 0 atom stereocenters. The van der Waals surface area contributed by atoms with E-state index in [0.717, 1.165) is 29.5 Å². The molecular weight excluding hydrogens is 304 g/mol. The zero-order valence-corrected chi connectivity index (χ0v) is 14.1. The Hall–Kier alpha value is -1.98. The summed E-state index contributed by atoms with van der Waals surface area (Å²) in [6.45, 7) is 2.09. The Morgan fingerprint density at radius 2 is 1.88 bits per heavy atom. The van der Waals surface area contributed by atoms with Gasteiger partial charge in [0.05, 0.1) is 12.3 Å². The van der Waals surface area contributed by atoms with Crippen molar-refractivity contribution in [2.45, 2.75) is 45.1 Å².